The average molecular weight is 359 g/mol. The lowest BCUT2D eigenvalue weighted by Crippen LogP contribution is -2.41. The summed E-state index contributed by atoms with van der Waals surface area (Å²) in [4.78, 5) is 39.5. The van der Waals surface area contributed by atoms with Crippen molar-refractivity contribution >= 4 is 17.3 Å². The van der Waals surface area contributed by atoms with Crippen LogP contribution < -0.4 is 5.32 Å². The van der Waals surface area contributed by atoms with Gasteiger partial charge < -0.3 is 5.32 Å². The van der Waals surface area contributed by atoms with Crippen LogP contribution in [0, 0.1) is 0 Å². The van der Waals surface area contributed by atoms with Crippen LogP contribution in [0.4, 0.5) is 0 Å². The minimum Gasteiger partial charge on any atom is -0.355 e. The van der Waals surface area contributed by atoms with Gasteiger partial charge in [0.1, 0.15) is 0 Å². The number of ketones is 3. The van der Waals surface area contributed by atoms with Crippen molar-refractivity contribution in [2.75, 3.05) is 0 Å². The van der Waals surface area contributed by atoms with E-state index in [1.807, 2.05) is 30.3 Å². The number of allylic oxidation sites excluding steroid dienone is 5. The number of carbonyl (C=O) groups is 3. The van der Waals surface area contributed by atoms with Gasteiger partial charge in [-0.05, 0) is 44.1 Å². The number of nitrogens with one attached hydrogen (secondary N) is 1. The molecule has 1 aromatic carbocycles. The van der Waals surface area contributed by atoms with Gasteiger partial charge in [0, 0.05) is 40.3 Å². The van der Waals surface area contributed by atoms with Crippen molar-refractivity contribution in [1.29, 1.82) is 0 Å². The van der Waals surface area contributed by atoms with Crippen molar-refractivity contribution in [2.45, 2.75) is 50.9 Å². The third kappa shape index (κ3) is 2.39. The molecular formula is C23H21NO3. The van der Waals surface area contributed by atoms with E-state index < -0.39 is 5.92 Å². The van der Waals surface area contributed by atoms with Crippen LogP contribution in [0.5, 0.6) is 0 Å². The van der Waals surface area contributed by atoms with Gasteiger partial charge in [0.15, 0.2) is 11.6 Å². The van der Waals surface area contributed by atoms with E-state index in [0.717, 1.165) is 36.9 Å². The molecule has 4 heteroatoms. The highest BCUT2D eigenvalue weighted by molar-refractivity contribution is 6.27. The molecule has 0 fully saturated rings. The number of hydrogen-bond acceptors (Lipinski definition) is 4. The Morgan fingerprint density at radius 2 is 1.44 bits per heavy atom. The fourth-order valence-electron chi connectivity index (χ4n) is 4.96. The van der Waals surface area contributed by atoms with Crippen LogP contribution in [0.1, 0.15) is 56.4 Å². The zero-order chi connectivity index (χ0) is 18.5. The lowest BCUT2D eigenvalue weighted by molar-refractivity contribution is -0.118. The minimum absolute atomic E-state index is 0.0365. The normalized spacial score (nSPS) is 25.2. The van der Waals surface area contributed by atoms with E-state index in [1.165, 1.54) is 0 Å². The summed E-state index contributed by atoms with van der Waals surface area (Å²) in [5.41, 5.74) is 4.71. The molecule has 0 aromatic heterocycles. The molecule has 1 heterocycles. The standard InChI is InChI=1S/C23H21NO3/c25-17-12-6-11-16-19(17)18(13-7-2-1-3-8-13)20-21(24-16)23(27)15-10-5-4-9-14(15)22(20)26/h1-3,7-8,18,24H,4-6,9-12H2. The Kier molecular flexibility index (Phi) is 3.74. The molecule has 3 aliphatic carbocycles. The van der Waals surface area contributed by atoms with E-state index in [4.69, 9.17) is 0 Å². The Hall–Kier alpha value is -2.75. The molecule has 0 amide bonds. The summed E-state index contributed by atoms with van der Waals surface area (Å²) in [5, 5.41) is 3.23. The molecule has 1 atom stereocenters. The van der Waals surface area contributed by atoms with E-state index >= 15 is 0 Å². The Bertz CT molecular complexity index is 978. The van der Waals surface area contributed by atoms with Crippen LogP contribution in [0.25, 0.3) is 0 Å². The molecule has 5 rings (SSSR count). The maximum Gasteiger partial charge on any atom is 0.206 e. The van der Waals surface area contributed by atoms with E-state index in [2.05, 4.69) is 5.32 Å². The minimum atomic E-state index is -0.433. The number of benzene rings is 1. The third-order valence-corrected chi connectivity index (χ3v) is 6.20. The molecule has 0 saturated heterocycles. The van der Waals surface area contributed by atoms with Gasteiger partial charge in [0.25, 0.3) is 0 Å². The van der Waals surface area contributed by atoms with E-state index in [1.54, 1.807) is 0 Å². The SMILES string of the molecule is O=C1CCCC2=C1C(c1ccccc1)C1=C(N2)C(=O)C2=C(CCCC2)C1=O. The molecule has 136 valence electrons. The number of hydrogen-bond donors (Lipinski definition) is 1. The highest BCUT2D eigenvalue weighted by Crippen LogP contribution is 2.47. The highest BCUT2D eigenvalue weighted by atomic mass is 16.1. The van der Waals surface area contributed by atoms with Gasteiger partial charge in [-0.25, -0.2) is 0 Å². The van der Waals surface area contributed by atoms with Crippen molar-refractivity contribution < 1.29 is 14.4 Å². The molecule has 1 aliphatic heterocycles. The lowest BCUT2D eigenvalue weighted by atomic mass is 9.68. The van der Waals surface area contributed by atoms with E-state index in [-0.39, 0.29) is 17.3 Å². The van der Waals surface area contributed by atoms with Crippen LogP contribution in [-0.2, 0) is 14.4 Å². The summed E-state index contributed by atoms with van der Waals surface area (Å²) in [6.07, 6.45) is 5.27. The predicted molar refractivity (Wildman–Crippen MR) is 101 cm³/mol. The smallest absolute Gasteiger partial charge is 0.206 e. The van der Waals surface area contributed by atoms with E-state index in [9.17, 15) is 14.4 Å². The Morgan fingerprint density at radius 1 is 0.741 bits per heavy atom. The van der Waals surface area contributed by atoms with Crippen molar-refractivity contribution in [1.82, 2.24) is 5.32 Å². The maximum atomic E-state index is 13.5. The fraction of sp³-hybridized carbons (Fsp3) is 0.348. The third-order valence-electron chi connectivity index (χ3n) is 6.20. The summed E-state index contributed by atoms with van der Waals surface area (Å²) in [7, 11) is 0. The molecule has 0 radical (unpaired) electrons. The Labute approximate surface area is 158 Å². The molecule has 0 bridgehead atoms. The van der Waals surface area contributed by atoms with Crippen molar-refractivity contribution in [3.8, 4) is 0 Å². The van der Waals surface area contributed by atoms with Crippen LogP contribution >= 0.6 is 0 Å². The molecule has 1 aromatic rings. The Morgan fingerprint density at radius 3 is 2.19 bits per heavy atom. The van der Waals surface area contributed by atoms with Gasteiger partial charge in [0.05, 0.1) is 5.70 Å². The van der Waals surface area contributed by atoms with Crippen molar-refractivity contribution in [2.24, 2.45) is 0 Å². The molecule has 0 spiro atoms. The molecule has 1 N–H and O–H groups in total. The van der Waals surface area contributed by atoms with Gasteiger partial charge in [-0.15, -0.1) is 0 Å². The first kappa shape index (κ1) is 16.4. The fourth-order valence-corrected chi connectivity index (χ4v) is 4.96. The summed E-state index contributed by atoms with van der Waals surface area (Å²) >= 11 is 0. The van der Waals surface area contributed by atoms with Crippen LogP contribution in [0.15, 0.2) is 64.0 Å². The largest absolute Gasteiger partial charge is 0.355 e. The van der Waals surface area contributed by atoms with Crippen LogP contribution in [0.2, 0.25) is 0 Å². The summed E-state index contributed by atoms with van der Waals surface area (Å²) in [5.74, 6) is -0.416. The molecule has 27 heavy (non-hydrogen) atoms. The second kappa shape index (κ2) is 6.15. The number of dihydropyridines is 1. The van der Waals surface area contributed by atoms with Gasteiger partial charge >= 0.3 is 0 Å². The lowest BCUT2D eigenvalue weighted by Gasteiger charge is -2.38. The van der Waals surface area contributed by atoms with Crippen LogP contribution in [0.3, 0.4) is 0 Å². The second-order valence-electron chi connectivity index (χ2n) is 7.75. The molecular weight excluding hydrogens is 338 g/mol. The molecule has 4 aliphatic rings. The zero-order valence-corrected chi connectivity index (χ0v) is 15.1. The first-order chi connectivity index (χ1) is 13.2. The number of carbonyl (C=O) groups excluding carboxylic acids is 3. The summed E-state index contributed by atoms with van der Waals surface area (Å²) in [6.45, 7) is 0. The molecule has 0 saturated carbocycles. The first-order valence-corrected chi connectivity index (χ1v) is 9.80. The molecule has 4 nitrogen and oxygen atoms in total. The van der Waals surface area contributed by atoms with Gasteiger partial charge in [-0.2, -0.15) is 0 Å². The summed E-state index contributed by atoms with van der Waals surface area (Å²) < 4.78 is 0. The van der Waals surface area contributed by atoms with E-state index in [0.29, 0.717) is 47.3 Å². The van der Waals surface area contributed by atoms with Crippen LogP contribution in [-0.4, -0.2) is 17.3 Å². The highest BCUT2D eigenvalue weighted by Gasteiger charge is 2.45. The topological polar surface area (TPSA) is 63.2 Å². The van der Waals surface area contributed by atoms with Crippen molar-refractivity contribution in [3.63, 3.8) is 0 Å². The van der Waals surface area contributed by atoms with Crippen molar-refractivity contribution in [3.05, 3.63) is 69.6 Å². The first-order valence-electron chi connectivity index (χ1n) is 9.80. The second-order valence-corrected chi connectivity index (χ2v) is 7.75. The average Bonchev–Trinajstić information content (AvgIpc) is 2.71. The Balaban J connectivity index is 1.72. The zero-order valence-electron chi connectivity index (χ0n) is 15.1. The number of Topliss-reactive ketones (excluding diaryl/α,β-unsaturated/α-hetero) is 3. The summed E-state index contributed by atoms with van der Waals surface area (Å²) in [6, 6.07) is 9.68. The number of rotatable bonds is 1. The maximum absolute atomic E-state index is 13.5. The predicted octanol–water partition coefficient (Wildman–Crippen LogP) is 3.66. The quantitative estimate of drug-likeness (QED) is 0.778. The van der Waals surface area contributed by atoms with Gasteiger partial charge in [0.2, 0.25) is 5.78 Å². The van der Waals surface area contributed by atoms with Gasteiger partial charge in [-0.1, -0.05) is 30.3 Å². The van der Waals surface area contributed by atoms with Gasteiger partial charge in [-0.3, -0.25) is 14.4 Å². The molecule has 1 unspecified atom stereocenters. The monoisotopic (exact) mass is 359 g/mol.